The number of imidazole rings is 1. The lowest BCUT2D eigenvalue weighted by atomic mass is 9.85. The van der Waals surface area contributed by atoms with E-state index in [9.17, 15) is 0 Å². The summed E-state index contributed by atoms with van der Waals surface area (Å²) in [4.78, 5) is 4.73. The average Bonchev–Trinajstić information content (AvgIpc) is 2.74. The van der Waals surface area contributed by atoms with E-state index in [0.29, 0.717) is 23.6 Å². The van der Waals surface area contributed by atoms with Crippen LogP contribution in [0, 0.1) is 17.8 Å². The summed E-state index contributed by atoms with van der Waals surface area (Å²) in [5.41, 5.74) is 2.01. The van der Waals surface area contributed by atoms with E-state index < -0.39 is 0 Å². The van der Waals surface area contributed by atoms with Crippen molar-refractivity contribution in [3.05, 3.63) is 29.0 Å². The van der Waals surface area contributed by atoms with Crippen molar-refractivity contribution in [3.8, 4) is 0 Å². The molecule has 0 saturated carbocycles. The predicted molar refractivity (Wildman–Crippen MR) is 92.3 cm³/mol. The van der Waals surface area contributed by atoms with E-state index in [1.165, 1.54) is 0 Å². The molecule has 0 unspecified atom stereocenters. The van der Waals surface area contributed by atoms with E-state index in [-0.39, 0.29) is 0 Å². The molecule has 0 saturated heterocycles. The first-order chi connectivity index (χ1) is 9.95. The first kappa shape index (κ1) is 16.6. The number of aryl methyl sites for hydroxylation is 1. The molecule has 1 heterocycles. The third-order valence-corrected chi connectivity index (χ3v) is 4.71. The van der Waals surface area contributed by atoms with Gasteiger partial charge in [-0.05, 0) is 29.9 Å². The Bertz CT molecular complexity index is 594. The van der Waals surface area contributed by atoms with Gasteiger partial charge in [0.05, 0.1) is 16.1 Å². The van der Waals surface area contributed by atoms with Crippen LogP contribution < -0.4 is 0 Å². The number of hydrogen-bond donors (Lipinski definition) is 0. The van der Waals surface area contributed by atoms with Gasteiger partial charge in [0.15, 0.2) is 0 Å². The third-order valence-electron chi connectivity index (χ3n) is 4.22. The van der Waals surface area contributed by atoms with Gasteiger partial charge in [0.25, 0.3) is 0 Å². The second-order valence-electron chi connectivity index (χ2n) is 6.34. The highest BCUT2D eigenvalue weighted by Gasteiger charge is 2.22. The lowest BCUT2D eigenvalue weighted by Gasteiger charge is -2.26. The molecular weight excluding hydrogens is 303 g/mol. The smallest absolute Gasteiger partial charge is 0.111 e. The highest BCUT2D eigenvalue weighted by molar-refractivity contribution is 6.35. The SMILES string of the molecule is CC(C)C(Cn1c(CCCl)nc2cccc(Cl)c21)C(C)C. The third kappa shape index (κ3) is 3.54. The van der Waals surface area contributed by atoms with E-state index in [4.69, 9.17) is 28.2 Å². The van der Waals surface area contributed by atoms with Crippen molar-refractivity contribution in [2.24, 2.45) is 17.8 Å². The minimum absolute atomic E-state index is 0.578. The summed E-state index contributed by atoms with van der Waals surface area (Å²) in [5, 5.41) is 0.770. The van der Waals surface area contributed by atoms with E-state index in [2.05, 4.69) is 32.3 Å². The van der Waals surface area contributed by atoms with Gasteiger partial charge in [0, 0.05) is 18.8 Å². The Morgan fingerprint density at radius 2 is 1.81 bits per heavy atom. The number of alkyl halides is 1. The van der Waals surface area contributed by atoms with Crippen molar-refractivity contribution >= 4 is 34.2 Å². The van der Waals surface area contributed by atoms with Gasteiger partial charge in [-0.25, -0.2) is 4.98 Å². The van der Waals surface area contributed by atoms with Crippen molar-refractivity contribution < 1.29 is 0 Å². The highest BCUT2D eigenvalue weighted by atomic mass is 35.5. The van der Waals surface area contributed by atoms with E-state index in [1.54, 1.807) is 0 Å². The fourth-order valence-electron chi connectivity index (χ4n) is 3.06. The maximum absolute atomic E-state index is 6.42. The number of halogens is 2. The zero-order chi connectivity index (χ0) is 15.6. The van der Waals surface area contributed by atoms with Gasteiger partial charge in [-0.2, -0.15) is 0 Å². The lowest BCUT2D eigenvalue weighted by Crippen LogP contribution is -2.23. The van der Waals surface area contributed by atoms with Crippen LogP contribution in [-0.2, 0) is 13.0 Å². The maximum Gasteiger partial charge on any atom is 0.111 e. The molecule has 0 spiro atoms. The maximum atomic E-state index is 6.42. The van der Waals surface area contributed by atoms with Crippen LogP contribution in [0.3, 0.4) is 0 Å². The van der Waals surface area contributed by atoms with Gasteiger partial charge in [0.2, 0.25) is 0 Å². The van der Waals surface area contributed by atoms with Crippen molar-refractivity contribution in [1.82, 2.24) is 9.55 Å². The van der Waals surface area contributed by atoms with Crippen LogP contribution in [0.15, 0.2) is 18.2 Å². The fraction of sp³-hybridized carbons (Fsp3) is 0.588. The zero-order valence-electron chi connectivity index (χ0n) is 13.2. The van der Waals surface area contributed by atoms with Gasteiger partial charge < -0.3 is 4.57 Å². The Kier molecular flexibility index (Phi) is 5.56. The zero-order valence-corrected chi connectivity index (χ0v) is 14.7. The second-order valence-corrected chi connectivity index (χ2v) is 7.12. The molecular formula is C17H24Cl2N2. The van der Waals surface area contributed by atoms with Crippen molar-refractivity contribution in [2.45, 2.75) is 40.7 Å². The molecule has 0 amide bonds. The van der Waals surface area contributed by atoms with Gasteiger partial charge in [-0.15, -0.1) is 11.6 Å². The summed E-state index contributed by atoms with van der Waals surface area (Å²) < 4.78 is 2.28. The minimum Gasteiger partial charge on any atom is -0.326 e. The molecule has 0 aliphatic carbocycles. The summed E-state index contributed by atoms with van der Waals surface area (Å²) in [6.07, 6.45) is 0.773. The first-order valence-electron chi connectivity index (χ1n) is 7.65. The van der Waals surface area contributed by atoms with Crippen molar-refractivity contribution in [3.63, 3.8) is 0 Å². The molecule has 21 heavy (non-hydrogen) atoms. The van der Waals surface area contributed by atoms with Crippen molar-refractivity contribution in [1.29, 1.82) is 0 Å². The first-order valence-corrected chi connectivity index (χ1v) is 8.56. The molecule has 2 rings (SSSR count). The Morgan fingerprint density at radius 3 is 2.38 bits per heavy atom. The summed E-state index contributed by atoms with van der Waals surface area (Å²) in [6.45, 7) is 10.1. The van der Waals surface area contributed by atoms with Crippen LogP contribution >= 0.6 is 23.2 Å². The van der Waals surface area contributed by atoms with Gasteiger partial charge in [0.1, 0.15) is 5.82 Å². The molecule has 0 atom stereocenters. The van der Waals surface area contributed by atoms with Crippen LogP contribution in [0.25, 0.3) is 11.0 Å². The molecule has 1 aromatic heterocycles. The Hall–Kier alpha value is -0.730. The average molecular weight is 327 g/mol. The molecule has 0 N–H and O–H groups in total. The number of nitrogens with zero attached hydrogens (tertiary/aromatic N) is 2. The lowest BCUT2D eigenvalue weighted by molar-refractivity contribution is 0.252. The van der Waals surface area contributed by atoms with Crippen LogP contribution in [-0.4, -0.2) is 15.4 Å². The van der Waals surface area contributed by atoms with Gasteiger partial charge in [-0.1, -0.05) is 45.4 Å². The summed E-state index contributed by atoms with van der Waals surface area (Å²) in [6, 6.07) is 5.91. The normalized spacial score (nSPS) is 12.2. The molecule has 0 bridgehead atoms. The number of benzene rings is 1. The minimum atomic E-state index is 0.578. The van der Waals surface area contributed by atoms with Gasteiger partial charge >= 0.3 is 0 Å². The van der Waals surface area contributed by atoms with Gasteiger partial charge in [-0.3, -0.25) is 0 Å². The molecule has 2 nitrogen and oxygen atoms in total. The Balaban J connectivity index is 2.51. The molecule has 0 fully saturated rings. The quantitative estimate of drug-likeness (QED) is 0.650. The molecule has 4 heteroatoms. The topological polar surface area (TPSA) is 17.8 Å². The highest BCUT2D eigenvalue weighted by Crippen LogP contribution is 2.29. The van der Waals surface area contributed by atoms with E-state index >= 15 is 0 Å². The van der Waals surface area contributed by atoms with E-state index in [0.717, 1.165) is 34.8 Å². The standard InChI is InChI=1S/C17H24Cl2N2/c1-11(2)13(12(3)4)10-21-16(8-9-18)20-15-7-5-6-14(19)17(15)21/h5-7,11-13H,8-10H2,1-4H3. The van der Waals surface area contributed by atoms with E-state index in [1.807, 2.05) is 18.2 Å². The predicted octanol–water partition coefficient (Wildman–Crippen LogP) is 5.40. The van der Waals surface area contributed by atoms with Crippen LogP contribution in [0.4, 0.5) is 0 Å². The van der Waals surface area contributed by atoms with Crippen LogP contribution in [0.5, 0.6) is 0 Å². The van der Waals surface area contributed by atoms with Crippen molar-refractivity contribution in [2.75, 3.05) is 5.88 Å². The molecule has 2 aromatic rings. The number of para-hydroxylation sites is 1. The Labute approximate surface area is 137 Å². The van der Waals surface area contributed by atoms with Crippen LogP contribution in [0.1, 0.15) is 33.5 Å². The number of rotatable bonds is 6. The summed E-state index contributed by atoms with van der Waals surface area (Å²) >= 11 is 12.4. The molecule has 0 aliphatic heterocycles. The monoisotopic (exact) mass is 326 g/mol. The molecule has 1 aromatic carbocycles. The number of aromatic nitrogens is 2. The largest absolute Gasteiger partial charge is 0.326 e. The fourth-order valence-corrected chi connectivity index (χ4v) is 3.50. The summed E-state index contributed by atoms with van der Waals surface area (Å²) in [7, 11) is 0. The second kappa shape index (κ2) is 7.02. The Morgan fingerprint density at radius 1 is 1.14 bits per heavy atom. The summed E-state index contributed by atoms with van der Waals surface area (Å²) in [5.74, 6) is 3.45. The molecule has 0 aliphatic rings. The molecule has 116 valence electrons. The number of hydrogen-bond acceptors (Lipinski definition) is 1. The number of fused-ring (bicyclic) bond motifs is 1. The van der Waals surface area contributed by atoms with Crippen LogP contribution in [0.2, 0.25) is 5.02 Å². The molecule has 0 radical (unpaired) electrons.